The van der Waals surface area contributed by atoms with Crippen molar-refractivity contribution in [1.29, 1.82) is 0 Å². The molecule has 0 aromatic rings. The smallest absolute Gasteiger partial charge is 0.0105 e. The largest absolute Gasteiger partial charge is 0.329 e. The molecule has 1 saturated heterocycles. The number of rotatable bonds is 3. The summed E-state index contributed by atoms with van der Waals surface area (Å²) in [5.41, 5.74) is 5.50. The normalized spacial score (nSPS) is 27.3. The van der Waals surface area contributed by atoms with Gasteiger partial charge in [0.1, 0.15) is 0 Å². The lowest BCUT2D eigenvalue weighted by molar-refractivity contribution is 0.176. The van der Waals surface area contributed by atoms with Crippen molar-refractivity contribution in [2.24, 2.45) is 11.7 Å². The van der Waals surface area contributed by atoms with Crippen LogP contribution in [0.25, 0.3) is 0 Å². The van der Waals surface area contributed by atoms with E-state index in [1.165, 1.54) is 32.4 Å². The van der Waals surface area contributed by atoms with Gasteiger partial charge in [-0.1, -0.05) is 13.3 Å². The van der Waals surface area contributed by atoms with Crippen molar-refractivity contribution >= 4 is 0 Å². The molecule has 0 aliphatic carbocycles. The van der Waals surface area contributed by atoms with Gasteiger partial charge in [-0.05, 0) is 25.3 Å². The van der Waals surface area contributed by atoms with Gasteiger partial charge in [0, 0.05) is 19.6 Å². The summed E-state index contributed by atoms with van der Waals surface area (Å²) in [5.74, 6) is 0.940. The minimum Gasteiger partial charge on any atom is -0.329 e. The molecule has 1 aliphatic rings. The predicted molar refractivity (Wildman–Crippen MR) is 48.5 cm³/mol. The second-order valence-corrected chi connectivity index (χ2v) is 3.51. The van der Waals surface area contributed by atoms with Crippen LogP contribution in [0, 0.1) is 5.92 Å². The standard InChI is InChI=1S/C9H20N2/c1-2-9-4-3-6-11(8-9)7-5-10/h9H,2-8,10H2,1H3/t9-/m0/s1. The first-order valence-electron chi connectivity index (χ1n) is 4.79. The molecule has 66 valence electrons. The van der Waals surface area contributed by atoms with Crippen molar-refractivity contribution in [3.63, 3.8) is 0 Å². The maximum absolute atomic E-state index is 5.50. The highest BCUT2D eigenvalue weighted by molar-refractivity contribution is 4.71. The third-order valence-corrected chi connectivity index (χ3v) is 2.63. The van der Waals surface area contributed by atoms with E-state index in [-0.39, 0.29) is 0 Å². The molecule has 1 fully saturated rings. The Morgan fingerprint density at radius 1 is 1.55 bits per heavy atom. The van der Waals surface area contributed by atoms with Gasteiger partial charge < -0.3 is 10.6 Å². The summed E-state index contributed by atoms with van der Waals surface area (Å²) < 4.78 is 0. The first-order chi connectivity index (χ1) is 5.36. The molecule has 0 amide bonds. The molecule has 0 aromatic heterocycles. The van der Waals surface area contributed by atoms with E-state index in [0.717, 1.165) is 19.0 Å². The number of nitrogens with zero attached hydrogens (tertiary/aromatic N) is 1. The van der Waals surface area contributed by atoms with E-state index in [2.05, 4.69) is 11.8 Å². The van der Waals surface area contributed by atoms with E-state index in [0.29, 0.717) is 0 Å². The zero-order chi connectivity index (χ0) is 8.10. The zero-order valence-electron chi connectivity index (χ0n) is 7.55. The number of likely N-dealkylation sites (tertiary alicyclic amines) is 1. The van der Waals surface area contributed by atoms with Crippen LogP contribution >= 0.6 is 0 Å². The van der Waals surface area contributed by atoms with Crippen LogP contribution in [0.1, 0.15) is 26.2 Å². The topological polar surface area (TPSA) is 29.3 Å². The summed E-state index contributed by atoms with van der Waals surface area (Å²) in [7, 11) is 0. The van der Waals surface area contributed by atoms with Crippen LogP contribution in [0.15, 0.2) is 0 Å². The number of piperidine rings is 1. The molecule has 0 saturated carbocycles. The van der Waals surface area contributed by atoms with Crippen LogP contribution in [-0.4, -0.2) is 31.1 Å². The summed E-state index contributed by atoms with van der Waals surface area (Å²) in [4.78, 5) is 2.50. The molecule has 0 radical (unpaired) electrons. The second-order valence-electron chi connectivity index (χ2n) is 3.51. The van der Waals surface area contributed by atoms with Gasteiger partial charge >= 0.3 is 0 Å². The maximum atomic E-state index is 5.50. The molecule has 2 heteroatoms. The molecule has 1 rings (SSSR count). The Morgan fingerprint density at radius 3 is 3.00 bits per heavy atom. The van der Waals surface area contributed by atoms with E-state index in [1.807, 2.05) is 0 Å². The van der Waals surface area contributed by atoms with Crippen LogP contribution in [0.5, 0.6) is 0 Å². The minimum absolute atomic E-state index is 0.816. The van der Waals surface area contributed by atoms with Crippen molar-refractivity contribution in [2.45, 2.75) is 26.2 Å². The Bertz CT molecular complexity index is 102. The second kappa shape index (κ2) is 4.73. The van der Waals surface area contributed by atoms with Crippen molar-refractivity contribution in [3.05, 3.63) is 0 Å². The third kappa shape index (κ3) is 2.80. The van der Waals surface area contributed by atoms with Gasteiger partial charge in [0.15, 0.2) is 0 Å². The average molecular weight is 156 g/mol. The SMILES string of the molecule is CC[C@H]1CCCN(CCN)C1. The average Bonchev–Trinajstić information content (AvgIpc) is 2.06. The highest BCUT2D eigenvalue weighted by atomic mass is 15.1. The lowest BCUT2D eigenvalue weighted by atomic mass is 9.96. The van der Waals surface area contributed by atoms with E-state index < -0.39 is 0 Å². The van der Waals surface area contributed by atoms with E-state index in [1.54, 1.807) is 0 Å². The lowest BCUT2D eigenvalue weighted by Gasteiger charge is -2.31. The molecular weight excluding hydrogens is 136 g/mol. The van der Waals surface area contributed by atoms with Crippen molar-refractivity contribution in [2.75, 3.05) is 26.2 Å². The molecule has 1 heterocycles. The van der Waals surface area contributed by atoms with Gasteiger partial charge in [0.25, 0.3) is 0 Å². The van der Waals surface area contributed by atoms with Crippen LogP contribution < -0.4 is 5.73 Å². The predicted octanol–water partition coefficient (Wildman–Crippen LogP) is 1.07. The van der Waals surface area contributed by atoms with Crippen LogP contribution in [0.2, 0.25) is 0 Å². The van der Waals surface area contributed by atoms with Crippen LogP contribution in [0.4, 0.5) is 0 Å². The molecule has 2 nitrogen and oxygen atoms in total. The number of hydrogen-bond acceptors (Lipinski definition) is 2. The Balaban J connectivity index is 2.21. The Hall–Kier alpha value is -0.0800. The molecule has 0 bridgehead atoms. The Labute approximate surface area is 69.8 Å². The monoisotopic (exact) mass is 156 g/mol. The van der Waals surface area contributed by atoms with E-state index in [9.17, 15) is 0 Å². The highest BCUT2D eigenvalue weighted by Gasteiger charge is 2.16. The molecular formula is C9H20N2. The van der Waals surface area contributed by atoms with E-state index in [4.69, 9.17) is 5.73 Å². The lowest BCUT2D eigenvalue weighted by Crippen LogP contribution is -2.38. The third-order valence-electron chi connectivity index (χ3n) is 2.63. The fraction of sp³-hybridized carbons (Fsp3) is 1.00. The quantitative estimate of drug-likeness (QED) is 0.662. The number of nitrogens with two attached hydrogens (primary N) is 1. The summed E-state index contributed by atoms with van der Waals surface area (Å²) in [6.45, 7) is 6.75. The molecule has 11 heavy (non-hydrogen) atoms. The fourth-order valence-electron chi connectivity index (χ4n) is 1.87. The van der Waals surface area contributed by atoms with Gasteiger partial charge in [0.05, 0.1) is 0 Å². The molecule has 1 atom stereocenters. The molecule has 0 aromatic carbocycles. The molecule has 0 spiro atoms. The van der Waals surface area contributed by atoms with Gasteiger partial charge in [-0.15, -0.1) is 0 Å². The van der Waals surface area contributed by atoms with Gasteiger partial charge in [-0.25, -0.2) is 0 Å². The fourth-order valence-corrected chi connectivity index (χ4v) is 1.87. The first kappa shape index (κ1) is 9.01. The van der Waals surface area contributed by atoms with Gasteiger partial charge in [-0.3, -0.25) is 0 Å². The summed E-state index contributed by atoms with van der Waals surface area (Å²) >= 11 is 0. The minimum atomic E-state index is 0.816. The number of hydrogen-bond donors (Lipinski definition) is 1. The molecule has 0 unspecified atom stereocenters. The van der Waals surface area contributed by atoms with Crippen molar-refractivity contribution in [1.82, 2.24) is 4.90 Å². The first-order valence-corrected chi connectivity index (χ1v) is 4.79. The van der Waals surface area contributed by atoms with Crippen molar-refractivity contribution < 1.29 is 0 Å². The van der Waals surface area contributed by atoms with Gasteiger partial charge in [0.2, 0.25) is 0 Å². The Morgan fingerprint density at radius 2 is 2.36 bits per heavy atom. The molecule has 1 aliphatic heterocycles. The van der Waals surface area contributed by atoms with Gasteiger partial charge in [-0.2, -0.15) is 0 Å². The van der Waals surface area contributed by atoms with E-state index >= 15 is 0 Å². The van der Waals surface area contributed by atoms with Crippen LogP contribution in [0.3, 0.4) is 0 Å². The summed E-state index contributed by atoms with van der Waals surface area (Å²) in [6.07, 6.45) is 4.14. The Kier molecular flexibility index (Phi) is 3.87. The van der Waals surface area contributed by atoms with Crippen molar-refractivity contribution in [3.8, 4) is 0 Å². The van der Waals surface area contributed by atoms with Crippen LogP contribution in [-0.2, 0) is 0 Å². The molecule has 2 N–H and O–H groups in total. The highest BCUT2D eigenvalue weighted by Crippen LogP contribution is 2.18. The maximum Gasteiger partial charge on any atom is 0.0105 e. The summed E-state index contributed by atoms with van der Waals surface area (Å²) in [5, 5.41) is 0. The summed E-state index contributed by atoms with van der Waals surface area (Å²) in [6, 6.07) is 0. The zero-order valence-corrected chi connectivity index (χ0v) is 7.55.